The first-order valence-electron chi connectivity index (χ1n) is 7.58. The van der Waals surface area contributed by atoms with Crippen molar-refractivity contribution in [2.75, 3.05) is 19.6 Å². The zero-order valence-electron chi connectivity index (χ0n) is 12.5. The topological polar surface area (TPSA) is 55.6 Å². The summed E-state index contributed by atoms with van der Waals surface area (Å²) in [5.74, 6) is 1.98. The minimum Gasteiger partial charge on any atom is -0.444 e. The van der Waals surface area contributed by atoms with Crippen LogP contribution in [0.3, 0.4) is 0 Å². The minimum atomic E-state index is -0.402. The van der Waals surface area contributed by atoms with Gasteiger partial charge in [-0.25, -0.2) is 4.79 Å². The van der Waals surface area contributed by atoms with Gasteiger partial charge in [0, 0.05) is 13.1 Å². The number of rotatable bonds is 2. The lowest BCUT2D eigenvalue weighted by Gasteiger charge is -2.47. The van der Waals surface area contributed by atoms with Gasteiger partial charge in [0.1, 0.15) is 5.60 Å². The second kappa shape index (κ2) is 5.70. The molecule has 1 aliphatic carbocycles. The highest BCUT2D eigenvalue weighted by molar-refractivity contribution is 5.68. The molecular formula is C15H28N2O2. The van der Waals surface area contributed by atoms with Gasteiger partial charge in [-0.15, -0.1) is 0 Å². The Kier molecular flexibility index (Phi) is 4.39. The van der Waals surface area contributed by atoms with Crippen LogP contribution < -0.4 is 5.73 Å². The zero-order valence-corrected chi connectivity index (χ0v) is 12.5. The number of likely N-dealkylation sites (tertiary alicyclic amines) is 1. The van der Waals surface area contributed by atoms with Crippen molar-refractivity contribution < 1.29 is 9.53 Å². The maximum atomic E-state index is 12.2. The molecule has 0 aromatic heterocycles. The third-order valence-corrected chi connectivity index (χ3v) is 4.42. The Morgan fingerprint density at radius 2 is 1.84 bits per heavy atom. The van der Waals surface area contributed by atoms with Gasteiger partial charge < -0.3 is 15.4 Å². The van der Waals surface area contributed by atoms with Gasteiger partial charge in [-0.05, 0) is 64.3 Å². The number of nitrogens with zero attached hydrogens (tertiary/aromatic N) is 1. The number of hydrogen-bond acceptors (Lipinski definition) is 3. The van der Waals surface area contributed by atoms with Gasteiger partial charge in [0.25, 0.3) is 0 Å². The molecule has 1 saturated heterocycles. The number of piperidine rings is 1. The Hall–Kier alpha value is -0.770. The molecule has 0 aromatic rings. The Morgan fingerprint density at radius 1 is 1.26 bits per heavy atom. The van der Waals surface area contributed by atoms with Crippen LogP contribution in [-0.4, -0.2) is 36.2 Å². The van der Waals surface area contributed by atoms with Gasteiger partial charge in [-0.2, -0.15) is 0 Å². The smallest absolute Gasteiger partial charge is 0.410 e. The molecule has 4 heteroatoms. The monoisotopic (exact) mass is 268 g/mol. The normalized spacial score (nSPS) is 31.2. The molecule has 19 heavy (non-hydrogen) atoms. The van der Waals surface area contributed by atoms with Crippen LogP contribution in [0.5, 0.6) is 0 Å². The fourth-order valence-corrected chi connectivity index (χ4v) is 3.69. The van der Waals surface area contributed by atoms with Crippen molar-refractivity contribution in [3.05, 3.63) is 0 Å². The number of amides is 1. The van der Waals surface area contributed by atoms with Crippen LogP contribution in [0.2, 0.25) is 0 Å². The van der Waals surface area contributed by atoms with Crippen molar-refractivity contribution in [3.8, 4) is 0 Å². The van der Waals surface area contributed by atoms with E-state index in [0.29, 0.717) is 11.8 Å². The van der Waals surface area contributed by atoms with Crippen LogP contribution in [0, 0.1) is 17.8 Å². The molecule has 2 N–H and O–H groups in total. The first-order chi connectivity index (χ1) is 8.90. The first kappa shape index (κ1) is 14.6. The third kappa shape index (κ3) is 3.62. The van der Waals surface area contributed by atoms with E-state index >= 15 is 0 Å². The average molecular weight is 268 g/mol. The van der Waals surface area contributed by atoms with Crippen molar-refractivity contribution in [1.82, 2.24) is 4.90 Å². The summed E-state index contributed by atoms with van der Waals surface area (Å²) in [7, 11) is 0. The van der Waals surface area contributed by atoms with Crippen molar-refractivity contribution in [2.24, 2.45) is 23.5 Å². The predicted octanol–water partition coefficient (Wildman–Crippen LogP) is 2.62. The molecule has 2 atom stereocenters. The van der Waals surface area contributed by atoms with Gasteiger partial charge in [-0.3, -0.25) is 0 Å². The molecule has 1 heterocycles. The number of carbonyl (C=O) groups is 1. The lowest BCUT2D eigenvalue weighted by Crippen LogP contribution is -2.52. The van der Waals surface area contributed by atoms with Crippen LogP contribution in [0.15, 0.2) is 0 Å². The van der Waals surface area contributed by atoms with Gasteiger partial charge in [0.05, 0.1) is 0 Å². The van der Waals surface area contributed by atoms with E-state index in [9.17, 15) is 4.79 Å². The summed E-state index contributed by atoms with van der Waals surface area (Å²) in [5, 5.41) is 0. The minimum absolute atomic E-state index is 0.143. The standard InChI is InChI=1S/C15H28N2O2/c1-15(2,3)19-14(18)17-9-11-5-4-6-12(10-17)13(11)7-8-16/h11-13H,4-10,16H2,1-3H3. The van der Waals surface area contributed by atoms with Crippen LogP contribution in [0.1, 0.15) is 46.5 Å². The van der Waals surface area contributed by atoms with Crippen molar-refractivity contribution in [3.63, 3.8) is 0 Å². The third-order valence-electron chi connectivity index (χ3n) is 4.42. The number of nitrogens with two attached hydrogens (primary N) is 1. The molecule has 0 aromatic carbocycles. The molecule has 1 saturated carbocycles. The van der Waals surface area contributed by atoms with E-state index in [1.807, 2.05) is 25.7 Å². The van der Waals surface area contributed by atoms with Gasteiger partial charge >= 0.3 is 6.09 Å². The molecule has 2 unspecified atom stereocenters. The summed E-state index contributed by atoms with van der Waals surface area (Å²) in [6.45, 7) is 8.25. The van der Waals surface area contributed by atoms with Crippen LogP contribution in [0.25, 0.3) is 0 Å². The highest BCUT2D eigenvalue weighted by atomic mass is 16.6. The molecule has 2 aliphatic rings. The summed E-state index contributed by atoms with van der Waals surface area (Å²) >= 11 is 0. The van der Waals surface area contributed by atoms with E-state index in [2.05, 4.69) is 0 Å². The average Bonchev–Trinajstić information content (AvgIpc) is 2.26. The Labute approximate surface area is 116 Å². The summed E-state index contributed by atoms with van der Waals surface area (Å²) in [5.41, 5.74) is 5.33. The van der Waals surface area contributed by atoms with Crippen LogP contribution in [0.4, 0.5) is 4.79 Å². The Bertz CT molecular complexity index is 311. The molecule has 2 fully saturated rings. The van der Waals surface area contributed by atoms with Gasteiger partial charge in [0.2, 0.25) is 0 Å². The number of carbonyl (C=O) groups excluding carboxylic acids is 1. The lowest BCUT2D eigenvalue weighted by molar-refractivity contribution is -0.0166. The Balaban J connectivity index is 1.98. The van der Waals surface area contributed by atoms with E-state index in [-0.39, 0.29) is 6.09 Å². The lowest BCUT2D eigenvalue weighted by atomic mass is 9.68. The molecule has 4 nitrogen and oxygen atoms in total. The van der Waals surface area contributed by atoms with Crippen LogP contribution in [-0.2, 0) is 4.74 Å². The largest absolute Gasteiger partial charge is 0.444 e. The van der Waals surface area contributed by atoms with E-state index in [4.69, 9.17) is 10.5 Å². The molecule has 110 valence electrons. The first-order valence-corrected chi connectivity index (χ1v) is 7.58. The van der Waals surface area contributed by atoms with Crippen molar-refractivity contribution in [1.29, 1.82) is 0 Å². The molecule has 2 rings (SSSR count). The van der Waals surface area contributed by atoms with Crippen molar-refractivity contribution in [2.45, 2.75) is 52.1 Å². The molecule has 0 radical (unpaired) electrons. The summed E-state index contributed by atoms with van der Waals surface area (Å²) in [6.07, 6.45) is 4.74. The molecule has 2 bridgehead atoms. The van der Waals surface area contributed by atoms with E-state index in [0.717, 1.165) is 32.0 Å². The highest BCUT2D eigenvalue weighted by Gasteiger charge is 2.41. The molecule has 0 spiro atoms. The maximum absolute atomic E-state index is 12.2. The van der Waals surface area contributed by atoms with Crippen molar-refractivity contribution >= 4 is 6.09 Å². The highest BCUT2D eigenvalue weighted by Crippen LogP contribution is 2.41. The molecular weight excluding hydrogens is 240 g/mol. The number of fused-ring (bicyclic) bond motifs is 2. The number of ether oxygens (including phenoxy) is 1. The quantitative estimate of drug-likeness (QED) is 0.837. The van der Waals surface area contributed by atoms with E-state index in [1.165, 1.54) is 19.3 Å². The summed E-state index contributed by atoms with van der Waals surface area (Å²) < 4.78 is 5.50. The second-order valence-corrected chi connectivity index (χ2v) is 7.08. The second-order valence-electron chi connectivity index (χ2n) is 7.08. The zero-order chi connectivity index (χ0) is 14.0. The maximum Gasteiger partial charge on any atom is 0.410 e. The van der Waals surface area contributed by atoms with E-state index < -0.39 is 5.60 Å². The van der Waals surface area contributed by atoms with Gasteiger partial charge in [0.15, 0.2) is 0 Å². The molecule has 1 aliphatic heterocycles. The SMILES string of the molecule is CC(C)(C)OC(=O)N1CC2CCCC(C1)C2CCN. The summed E-state index contributed by atoms with van der Waals surface area (Å²) in [4.78, 5) is 14.1. The summed E-state index contributed by atoms with van der Waals surface area (Å²) in [6, 6.07) is 0. The number of hydrogen-bond donors (Lipinski definition) is 1. The molecule has 1 amide bonds. The van der Waals surface area contributed by atoms with Gasteiger partial charge in [-0.1, -0.05) is 6.42 Å². The fourth-order valence-electron chi connectivity index (χ4n) is 3.69. The van der Waals surface area contributed by atoms with E-state index in [1.54, 1.807) is 0 Å². The van der Waals surface area contributed by atoms with Crippen LogP contribution >= 0.6 is 0 Å². The predicted molar refractivity (Wildman–Crippen MR) is 75.8 cm³/mol. The Morgan fingerprint density at radius 3 is 2.32 bits per heavy atom. The fraction of sp³-hybridized carbons (Fsp3) is 0.933.